The van der Waals surface area contributed by atoms with E-state index in [4.69, 9.17) is 18.9 Å². The molecule has 0 spiro atoms. The predicted molar refractivity (Wildman–Crippen MR) is 77.1 cm³/mol. The van der Waals surface area contributed by atoms with Gasteiger partial charge in [0.1, 0.15) is 6.61 Å². The fourth-order valence-corrected chi connectivity index (χ4v) is 2.54. The average Bonchev–Trinajstić information content (AvgIpc) is 2.48. The second kappa shape index (κ2) is 5.71. The van der Waals surface area contributed by atoms with Crippen LogP contribution in [0.4, 0.5) is 4.79 Å². The fourth-order valence-electron chi connectivity index (χ4n) is 2.54. The van der Waals surface area contributed by atoms with Gasteiger partial charge >= 0.3 is 6.09 Å². The van der Waals surface area contributed by atoms with Gasteiger partial charge in [0, 0.05) is 11.0 Å². The maximum Gasteiger partial charge on any atom is 0.407 e. The Hall–Kier alpha value is -2.11. The van der Waals surface area contributed by atoms with Gasteiger partial charge in [0.2, 0.25) is 5.75 Å². The molecule has 1 heterocycles. The predicted octanol–water partition coefficient (Wildman–Crippen LogP) is 2.52. The first kappa shape index (κ1) is 15.3. The van der Waals surface area contributed by atoms with E-state index in [9.17, 15) is 4.79 Å². The number of nitrogens with one attached hydrogen (secondary N) is 1. The van der Waals surface area contributed by atoms with Gasteiger partial charge in [-0.3, -0.25) is 0 Å². The van der Waals surface area contributed by atoms with Crippen LogP contribution in [0, 0.1) is 5.41 Å². The van der Waals surface area contributed by atoms with Gasteiger partial charge in [-0.05, 0) is 12.1 Å². The number of hydrogen-bond donors (Lipinski definition) is 1. The SMILES string of the molecule is COc1ccc([C@H]2NC(=O)OCC2(C)C)c(OC)c1OC. The molecule has 1 aromatic carbocycles. The molecule has 116 valence electrons. The van der Waals surface area contributed by atoms with Crippen LogP contribution in [0.5, 0.6) is 17.2 Å². The number of hydrogen-bond acceptors (Lipinski definition) is 5. The van der Waals surface area contributed by atoms with Crippen molar-refractivity contribution in [1.29, 1.82) is 0 Å². The Morgan fingerprint density at radius 3 is 2.38 bits per heavy atom. The number of rotatable bonds is 4. The van der Waals surface area contributed by atoms with Crippen LogP contribution in [0.2, 0.25) is 0 Å². The smallest absolute Gasteiger partial charge is 0.407 e. The summed E-state index contributed by atoms with van der Waals surface area (Å²) in [7, 11) is 4.68. The molecule has 0 bridgehead atoms. The van der Waals surface area contributed by atoms with Crippen molar-refractivity contribution in [2.45, 2.75) is 19.9 Å². The Morgan fingerprint density at radius 2 is 1.81 bits per heavy atom. The van der Waals surface area contributed by atoms with Gasteiger partial charge in [-0.2, -0.15) is 0 Å². The lowest BCUT2D eigenvalue weighted by molar-refractivity contribution is 0.0379. The number of amides is 1. The second-order valence-corrected chi connectivity index (χ2v) is 5.57. The summed E-state index contributed by atoms with van der Waals surface area (Å²) >= 11 is 0. The Bertz CT molecular complexity index is 541. The lowest BCUT2D eigenvalue weighted by atomic mass is 9.80. The van der Waals surface area contributed by atoms with E-state index >= 15 is 0 Å². The van der Waals surface area contributed by atoms with Crippen molar-refractivity contribution in [3.05, 3.63) is 17.7 Å². The maximum absolute atomic E-state index is 11.6. The van der Waals surface area contributed by atoms with Gasteiger partial charge in [-0.15, -0.1) is 0 Å². The largest absolute Gasteiger partial charge is 0.493 e. The summed E-state index contributed by atoms with van der Waals surface area (Å²) < 4.78 is 21.2. The third kappa shape index (κ3) is 2.70. The van der Waals surface area contributed by atoms with E-state index in [0.717, 1.165) is 5.56 Å². The van der Waals surface area contributed by atoms with E-state index in [1.54, 1.807) is 27.4 Å². The van der Waals surface area contributed by atoms with Gasteiger partial charge in [0.25, 0.3) is 0 Å². The highest BCUT2D eigenvalue weighted by Gasteiger charge is 2.40. The highest BCUT2D eigenvalue weighted by molar-refractivity contribution is 5.70. The second-order valence-electron chi connectivity index (χ2n) is 5.57. The van der Waals surface area contributed by atoms with Crippen molar-refractivity contribution in [3.63, 3.8) is 0 Å². The van der Waals surface area contributed by atoms with Crippen molar-refractivity contribution in [3.8, 4) is 17.2 Å². The zero-order valence-electron chi connectivity index (χ0n) is 13.0. The van der Waals surface area contributed by atoms with Gasteiger partial charge < -0.3 is 24.3 Å². The van der Waals surface area contributed by atoms with Gasteiger partial charge in [-0.25, -0.2) is 4.79 Å². The molecule has 2 rings (SSSR count). The van der Waals surface area contributed by atoms with Crippen LogP contribution in [-0.2, 0) is 4.74 Å². The number of carbonyl (C=O) groups is 1. The van der Waals surface area contributed by atoms with Crippen LogP contribution in [0.25, 0.3) is 0 Å². The molecule has 0 aliphatic carbocycles. The molecule has 1 amide bonds. The van der Waals surface area contributed by atoms with Crippen LogP contribution < -0.4 is 19.5 Å². The van der Waals surface area contributed by atoms with E-state index in [-0.39, 0.29) is 11.5 Å². The van der Waals surface area contributed by atoms with E-state index in [1.807, 2.05) is 19.9 Å². The molecular formula is C15H21NO5. The molecular weight excluding hydrogens is 274 g/mol. The van der Waals surface area contributed by atoms with E-state index in [2.05, 4.69) is 5.32 Å². The molecule has 21 heavy (non-hydrogen) atoms. The van der Waals surface area contributed by atoms with Crippen LogP contribution in [-0.4, -0.2) is 34.0 Å². The Kier molecular flexibility index (Phi) is 4.16. The monoisotopic (exact) mass is 295 g/mol. The molecule has 0 unspecified atom stereocenters. The van der Waals surface area contributed by atoms with Crippen molar-refractivity contribution in [2.75, 3.05) is 27.9 Å². The van der Waals surface area contributed by atoms with Crippen LogP contribution in [0.3, 0.4) is 0 Å². The number of carbonyl (C=O) groups excluding carboxylic acids is 1. The number of methoxy groups -OCH3 is 3. The van der Waals surface area contributed by atoms with Gasteiger partial charge in [0.15, 0.2) is 11.5 Å². The minimum Gasteiger partial charge on any atom is -0.493 e. The van der Waals surface area contributed by atoms with Crippen molar-refractivity contribution >= 4 is 6.09 Å². The van der Waals surface area contributed by atoms with E-state index < -0.39 is 6.09 Å². The van der Waals surface area contributed by atoms with E-state index in [1.165, 1.54) is 0 Å². The minimum atomic E-state index is -0.434. The first-order valence-corrected chi connectivity index (χ1v) is 6.66. The quantitative estimate of drug-likeness (QED) is 0.924. The van der Waals surface area contributed by atoms with Crippen molar-refractivity contribution in [2.24, 2.45) is 5.41 Å². The van der Waals surface area contributed by atoms with Crippen molar-refractivity contribution < 1.29 is 23.7 Å². The highest BCUT2D eigenvalue weighted by Crippen LogP contribution is 2.47. The molecule has 1 atom stereocenters. The molecule has 1 saturated heterocycles. The molecule has 6 heteroatoms. The van der Waals surface area contributed by atoms with Gasteiger partial charge in [0.05, 0.1) is 27.4 Å². The molecule has 1 aliphatic rings. The molecule has 0 radical (unpaired) electrons. The Balaban J connectivity index is 2.54. The molecule has 1 N–H and O–H groups in total. The average molecular weight is 295 g/mol. The lowest BCUT2D eigenvalue weighted by Crippen LogP contribution is -2.47. The topological polar surface area (TPSA) is 66.0 Å². The first-order valence-electron chi connectivity index (χ1n) is 6.66. The molecule has 0 saturated carbocycles. The van der Waals surface area contributed by atoms with Crippen LogP contribution in [0.15, 0.2) is 12.1 Å². The first-order chi connectivity index (χ1) is 9.94. The zero-order chi connectivity index (χ0) is 15.6. The lowest BCUT2D eigenvalue weighted by Gasteiger charge is -2.39. The third-order valence-electron chi connectivity index (χ3n) is 3.66. The van der Waals surface area contributed by atoms with Gasteiger partial charge in [-0.1, -0.05) is 13.8 Å². The number of cyclic esters (lactones) is 1. The standard InChI is InChI=1S/C15H21NO5/c1-15(2)8-21-14(17)16-13(15)9-6-7-10(18-3)12(20-5)11(9)19-4/h6-7,13H,8H2,1-5H3,(H,16,17)/t13-/m1/s1. The number of ether oxygens (including phenoxy) is 4. The summed E-state index contributed by atoms with van der Waals surface area (Å²) in [5.74, 6) is 1.64. The summed E-state index contributed by atoms with van der Waals surface area (Å²) in [5.41, 5.74) is 0.553. The highest BCUT2D eigenvalue weighted by atomic mass is 16.6. The van der Waals surface area contributed by atoms with Crippen LogP contribution in [0.1, 0.15) is 25.5 Å². The summed E-state index contributed by atoms with van der Waals surface area (Å²) in [4.78, 5) is 11.6. The fraction of sp³-hybridized carbons (Fsp3) is 0.533. The summed E-state index contributed by atoms with van der Waals surface area (Å²) in [5, 5.41) is 2.85. The molecule has 1 aliphatic heterocycles. The van der Waals surface area contributed by atoms with Crippen LogP contribution >= 0.6 is 0 Å². The zero-order valence-corrected chi connectivity index (χ0v) is 13.0. The summed E-state index contributed by atoms with van der Waals surface area (Å²) in [6.45, 7) is 4.38. The summed E-state index contributed by atoms with van der Waals surface area (Å²) in [6.07, 6.45) is -0.434. The third-order valence-corrected chi connectivity index (χ3v) is 3.66. The molecule has 1 aromatic rings. The number of alkyl carbamates (subject to hydrolysis) is 1. The summed E-state index contributed by atoms with van der Waals surface area (Å²) in [6, 6.07) is 3.43. The minimum absolute atomic E-state index is 0.242. The Labute approximate surface area is 124 Å². The van der Waals surface area contributed by atoms with Crippen molar-refractivity contribution in [1.82, 2.24) is 5.32 Å². The molecule has 0 aromatic heterocycles. The normalized spacial score (nSPS) is 20.2. The van der Waals surface area contributed by atoms with E-state index in [0.29, 0.717) is 23.9 Å². The molecule has 6 nitrogen and oxygen atoms in total. The Morgan fingerprint density at radius 1 is 1.14 bits per heavy atom. The maximum atomic E-state index is 11.6. The number of benzene rings is 1. The molecule has 1 fully saturated rings.